The molecule has 3 N–H and O–H groups in total. The Hall–Kier alpha value is -3.83. The fourth-order valence-corrected chi connectivity index (χ4v) is 4.16. The van der Waals surface area contributed by atoms with E-state index in [0.717, 1.165) is 22.3 Å². The van der Waals surface area contributed by atoms with Gasteiger partial charge in [0.25, 0.3) is 0 Å². The number of methoxy groups -OCH3 is 1. The summed E-state index contributed by atoms with van der Waals surface area (Å²) in [6, 6.07) is 13.8. The molecule has 2 unspecified atom stereocenters. The van der Waals surface area contributed by atoms with Gasteiger partial charge in [-0.1, -0.05) is 48.5 Å². The Morgan fingerprint density at radius 2 is 1.63 bits per heavy atom. The Bertz CT molecular complexity index is 1070. The normalized spacial score (nSPS) is 13.4. The van der Waals surface area contributed by atoms with E-state index >= 15 is 0 Å². The Morgan fingerprint density at radius 3 is 2.20 bits per heavy atom. The van der Waals surface area contributed by atoms with Crippen molar-refractivity contribution >= 4 is 18.0 Å². The molecular weight excluding hydrogens is 448 g/mol. The van der Waals surface area contributed by atoms with Gasteiger partial charge in [0.2, 0.25) is 5.91 Å². The van der Waals surface area contributed by atoms with E-state index in [1.54, 1.807) is 6.92 Å². The lowest BCUT2D eigenvalue weighted by Crippen LogP contribution is -2.51. The zero-order valence-corrected chi connectivity index (χ0v) is 19.9. The number of hydrogen-bond donors (Lipinski definition) is 3. The van der Waals surface area contributed by atoms with Crippen LogP contribution in [-0.2, 0) is 19.1 Å². The molecule has 0 spiro atoms. The average molecular weight is 479 g/mol. The molecule has 1 aliphatic carbocycles. The lowest BCUT2D eigenvalue weighted by atomic mass is 9.98. The number of ether oxygens (including phenoxy) is 2. The fourth-order valence-electron chi connectivity index (χ4n) is 4.16. The molecule has 0 saturated carbocycles. The summed E-state index contributed by atoms with van der Waals surface area (Å²) in [5, 5.41) is 14.4. The second-order valence-corrected chi connectivity index (χ2v) is 8.19. The van der Waals surface area contributed by atoms with Gasteiger partial charge in [0.05, 0.1) is 0 Å². The fraction of sp³-hybridized carbons (Fsp3) is 0.370. The highest BCUT2D eigenvalue weighted by molar-refractivity contribution is 5.89. The summed E-state index contributed by atoms with van der Waals surface area (Å²) in [5.41, 5.74) is 4.39. The van der Waals surface area contributed by atoms with Gasteiger partial charge in [-0.25, -0.2) is 9.59 Å². The molecule has 0 heterocycles. The lowest BCUT2D eigenvalue weighted by molar-refractivity contribution is -0.142. The first-order valence-electron chi connectivity index (χ1n) is 11.5. The molecule has 3 rings (SSSR count). The summed E-state index contributed by atoms with van der Waals surface area (Å²) < 4.78 is 10.6. The number of nitrogens with one attached hydrogen (secondary N) is 2. The van der Waals surface area contributed by atoms with Gasteiger partial charge < -0.3 is 25.2 Å². The van der Waals surface area contributed by atoms with Crippen LogP contribution in [0.4, 0.5) is 4.79 Å². The number of fused-ring (bicyclic) bond motifs is 3. The van der Waals surface area contributed by atoms with Gasteiger partial charge in [-0.3, -0.25) is 4.79 Å². The van der Waals surface area contributed by atoms with Crippen LogP contribution in [0, 0.1) is 11.8 Å². The van der Waals surface area contributed by atoms with E-state index in [9.17, 15) is 19.5 Å². The third-order valence-corrected chi connectivity index (χ3v) is 5.89. The van der Waals surface area contributed by atoms with Gasteiger partial charge in [0.15, 0.2) is 0 Å². The van der Waals surface area contributed by atoms with Gasteiger partial charge >= 0.3 is 12.1 Å². The molecule has 2 aromatic carbocycles. The van der Waals surface area contributed by atoms with E-state index in [4.69, 9.17) is 9.47 Å². The smallest absolute Gasteiger partial charge is 0.407 e. The molecule has 2 amide bonds. The molecule has 0 aromatic heterocycles. The Labute approximate surface area is 205 Å². The SMILES string of the molecule is CC#CCC(NC(=O)C(CCCOC)NC(=O)OCC1c2ccccc2-c2ccccc21)C(=O)O. The zero-order valence-electron chi connectivity index (χ0n) is 19.9. The number of amides is 2. The number of benzene rings is 2. The average Bonchev–Trinajstić information content (AvgIpc) is 3.18. The van der Waals surface area contributed by atoms with Gasteiger partial charge in [-0.2, -0.15) is 0 Å². The maximum atomic E-state index is 12.8. The van der Waals surface area contributed by atoms with Crippen LogP contribution in [0.2, 0.25) is 0 Å². The summed E-state index contributed by atoms with van der Waals surface area (Å²) in [6.07, 6.45) is -0.0297. The van der Waals surface area contributed by atoms with Crippen LogP contribution in [0.15, 0.2) is 48.5 Å². The summed E-state index contributed by atoms with van der Waals surface area (Å²) in [6.45, 7) is 2.09. The molecule has 184 valence electrons. The van der Waals surface area contributed by atoms with Crippen molar-refractivity contribution in [3.05, 3.63) is 59.7 Å². The summed E-state index contributed by atoms with van der Waals surface area (Å²) >= 11 is 0. The zero-order chi connectivity index (χ0) is 25.2. The number of carbonyl (C=O) groups is 3. The molecule has 0 saturated heterocycles. The first-order chi connectivity index (χ1) is 17.0. The van der Waals surface area contributed by atoms with Crippen molar-refractivity contribution in [2.45, 2.75) is 44.2 Å². The molecule has 0 aliphatic heterocycles. The van der Waals surface area contributed by atoms with E-state index in [1.807, 2.05) is 48.5 Å². The summed E-state index contributed by atoms with van der Waals surface area (Å²) in [4.78, 5) is 37.0. The highest BCUT2D eigenvalue weighted by Crippen LogP contribution is 2.44. The molecule has 35 heavy (non-hydrogen) atoms. The van der Waals surface area contributed by atoms with Crippen LogP contribution >= 0.6 is 0 Å². The van der Waals surface area contributed by atoms with E-state index < -0.39 is 30.1 Å². The monoisotopic (exact) mass is 478 g/mol. The molecule has 8 nitrogen and oxygen atoms in total. The standard InChI is InChI=1S/C27H30N2O6/c1-3-4-14-24(26(31)32)28-25(30)23(15-9-16-34-2)29-27(33)35-17-22-20-12-7-5-10-18(20)19-11-6-8-13-21(19)22/h5-8,10-13,22-24H,9,14-17H2,1-2H3,(H,28,30)(H,29,33)(H,31,32). The molecule has 8 heteroatoms. The first kappa shape index (κ1) is 25.8. The van der Waals surface area contributed by atoms with Gasteiger partial charge in [-0.15, -0.1) is 11.8 Å². The molecule has 2 atom stereocenters. The van der Waals surface area contributed by atoms with Crippen molar-refractivity contribution < 1.29 is 29.0 Å². The second kappa shape index (κ2) is 12.6. The number of aliphatic carboxylic acids is 1. The number of carbonyl (C=O) groups excluding carboxylic acids is 2. The van der Waals surface area contributed by atoms with Crippen molar-refractivity contribution in [1.29, 1.82) is 0 Å². The Kier molecular flexibility index (Phi) is 9.27. The van der Waals surface area contributed by atoms with Crippen LogP contribution < -0.4 is 10.6 Å². The topological polar surface area (TPSA) is 114 Å². The number of alkyl carbamates (subject to hydrolysis) is 1. The van der Waals surface area contributed by atoms with E-state index in [2.05, 4.69) is 22.5 Å². The number of hydrogen-bond acceptors (Lipinski definition) is 5. The third-order valence-electron chi connectivity index (χ3n) is 5.89. The lowest BCUT2D eigenvalue weighted by Gasteiger charge is -2.21. The van der Waals surface area contributed by atoms with E-state index in [-0.39, 0.29) is 25.4 Å². The minimum absolute atomic E-state index is 0.0344. The molecule has 2 aromatic rings. The predicted molar refractivity (Wildman–Crippen MR) is 131 cm³/mol. The quantitative estimate of drug-likeness (QED) is 0.337. The Morgan fingerprint density at radius 1 is 1.00 bits per heavy atom. The van der Waals surface area contributed by atoms with Gasteiger partial charge in [-0.05, 0) is 42.0 Å². The van der Waals surface area contributed by atoms with E-state index in [0.29, 0.717) is 13.0 Å². The molecule has 0 bridgehead atoms. The van der Waals surface area contributed by atoms with Crippen molar-refractivity contribution in [2.75, 3.05) is 20.3 Å². The Balaban J connectivity index is 1.66. The van der Waals surface area contributed by atoms with Crippen LogP contribution in [-0.4, -0.2) is 55.5 Å². The third kappa shape index (κ3) is 6.61. The second-order valence-electron chi connectivity index (χ2n) is 8.19. The van der Waals surface area contributed by atoms with Crippen molar-refractivity contribution in [3.63, 3.8) is 0 Å². The first-order valence-corrected chi connectivity index (χ1v) is 11.5. The van der Waals surface area contributed by atoms with E-state index in [1.165, 1.54) is 7.11 Å². The van der Waals surface area contributed by atoms with Crippen LogP contribution in [0.1, 0.15) is 43.2 Å². The molecule has 0 fully saturated rings. The number of carboxylic acid groups (broad SMARTS) is 1. The highest BCUT2D eigenvalue weighted by Gasteiger charge is 2.30. The van der Waals surface area contributed by atoms with Gasteiger partial charge in [0.1, 0.15) is 18.7 Å². The number of carboxylic acids is 1. The van der Waals surface area contributed by atoms with Crippen LogP contribution in [0.25, 0.3) is 11.1 Å². The minimum atomic E-state index is -1.20. The molecule has 0 radical (unpaired) electrons. The molecule has 1 aliphatic rings. The van der Waals surface area contributed by atoms with Crippen molar-refractivity contribution in [2.24, 2.45) is 0 Å². The van der Waals surface area contributed by atoms with Crippen molar-refractivity contribution in [1.82, 2.24) is 10.6 Å². The highest BCUT2D eigenvalue weighted by atomic mass is 16.5. The minimum Gasteiger partial charge on any atom is -0.480 e. The number of rotatable bonds is 11. The maximum Gasteiger partial charge on any atom is 0.407 e. The van der Waals surface area contributed by atoms with Crippen LogP contribution in [0.3, 0.4) is 0 Å². The largest absolute Gasteiger partial charge is 0.480 e. The molecular formula is C27H30N2O6. The summed E-state index contributed by atoms with van der Waals surface area (Å²) in [5.74, 6) is 3.35. The predicted octanol–water partition coefficient (Wildman–Crippen LogP) is 3.30. The van der Waals surface area contributed by atoms with Gasteiger partial charge in [0, 0.05) is 26.1 Å². The van der Waals surface area contributed by atoms with Crippen LogP contribution in [0.5, 0.6) is 0 Å². The van der Waals surface area contributed by atoms with Crippen molar-refractivity contribution in [3.8, 4) is 23.0 Å². The summed E-state index contributed by atoms with van der Waals surface area (Å²) in [7, 11) is 1.54. The maximum absolute atomic E-state index is 12.8.